The molecule has 0 amide bonds. The second-order valence-electron chi connectivity index (χ2n) is 24.0. The van der Waals surface area contributed by atoms with Gasteiger partial charge in [0, 0.05) is 152 Å². The number of thioether (sulfide) groups is 1. The van der Waals surface area contributed by atoms with Gasteiger partial charge in [0.25, 0.3) is 21.9 Å². The number of hydrogen-bond donors (Lipinski definition) is 3. The summed E-state index contributed by atoms with van der Waals surface area (Å²) in [5.74, 6) is -2.23. The summed E-state index contributed by atoms with van der Waals surface area (Å²) in [6.45, 7) is 2.64. The topological polar surface area (TPSA) is 267 Å². The van der Waals surface area contributed by atoms with Crippen LogP contribution in [0.4, 0.5) is 26.3 Å². The van der Waals surface area contributed by atoms with E-state index in [1.165, 1.54) is 97.9 Å². The number of hydrogen-bond acceptors (Lipinski definition) is 19. The van der Waals surface area contributed by atoms with E-state index in [9.17, 15) is 40.7 Å². The minimum Gasteiger partial charge on any atom is -1.00 e. The van der Waals surface area contributed by atoms with Gasteiger partial charge in [-0.1, -0.05) is 81.8 Å². The molecule has 110 heavy (non-hydrogen) atoms. The molecule has 0 unspecified atom stereocenters. The number of benzene rings is 6. The van der Waals surface area contributed by atoms with E-state index in [-0.39, 0.29) is 108 Å². The molecule has 0 atom stereocenters. The van der Waals surface area contributed by atoms with Crippen LogP contribution in [0, 0.1) is 66.0 Å². The summed E-state index contributed by atoms with van der Waals surface area (Å²) < 4.78 is 98.8. The van der Waals surface area contributed by atoms with Gasteiger partial charge < -0.3 is 42.5 Å². The maximum absolute atomic E-state index is 13.6. The standard InChI is InChI=1S/C24H23F2N5O2S.C20H13F2N3O2S.C18H14F2N4O2.C7H6N4S.C5H12ClN.BH.ClH.U/c1-30(2)9-4-10-34-24-27-23(29-33-24)17-6-3-5-16(11-17)15-31-22(32)8-7-21(28-31)18-12-19(25)14-20(26)13-18;21-15-7-14(8-16(22)9-15)17-4-5-19(26)25(23-17)11-12-2-1-3-13(6-12)18-10-20(28)27-24-18;19-14-7-13(8-15(20)9-14)16-4-5-17(25)24(22-16)10-11-2-1-3-12(6-11)18(21)23-26;12-7(10-3-1-8-5-10)11-4-2-9-6-11;1-7(2)5-3-4-6;;;/h3,5-8,11-14H,4,9-10,15H2,1-2H3;1-9H,10-11H2;1-9,26H,10H2,(H2,21,23);1-6H;3-5H2,1-2H3;2*1H;/i;;;;;1D;;. The third-order valence-electron chi connectivity index (χ3n) is 15.1. The van der Waals surface area contributed by atoms with Gasteiger partial charge in [-0.2, -0.15) is 20.3 Å². The quantitative estimate of drug-likeness (QED) is 0.00649. The molecule has 36 heteroatoms. The Labute approximate surface area is 680 Å². The molecule has 2 radical (unpaired) electrons. The summed E-state index contributed by atoms with van der Waals surface area (Å²) in [5, 5.41) is 34.0. The van der Waals surface area contributed by atoms with Gasteiger partial charge in [-0.25, -0.2) is 50.4 Å². The van der Waals surface area contributed by atoms with Gasteiger partial charge in [0.2, 0.25) is 10.9 Å². The van der Waals surface area contributed by atoms with Crippen molar-refractivity contribution in [2.75, 3.05) is 52.9 Å². The molecule has 568 valence electrons. The Bertz CT molecular complexity index is 5210. The summed E-state index contributed by atoms with van der Waals surface area (Å²) in [6.07, 6.45) is 12.9. The van der Waals surface area contributed by atoms with Crippen molar-refractivity contribution >= 4 is 77.9 Å². The SMILES string of the molecule is CN(C)CCCSc1nc(-c2cccc(Cn3nc(-c4cc(F)cc(F)c4)ccc3=O)c2)no1.C[NH+](C)CCCCl.N/C(=N\O)c1cccc(Cn2nc(-c3cc(F)cc(F)c3)ccc2=O)c1.O=c1ccc(-c2cc(F)cc(F)c2)nn1Cc1cccc(C2=NOC(=S)C2)c1.S=C(n1ccnc1)n1ccnc1.[2H][B].[Cl-].[U]. The molecule has 0 spiro atoms. The average Bonchev–Trinajstić information content (AvgIpc) is 1.72. The van der Waals surface area contributed by atoms with Crippen LogP contribution < -0.4 is 39.7 Å². The van der Waals surface area contributed by atoms with E-state index >= 15 is 0 Å². The van der Waals surface area contributed by atoms with Crippen LogP contribution in [0.15, 0.2) is 236 Å². The van der Waals surface area contributed by atoms with Crippen LogP contribution >= 0.6 is 47.8 Å². The van der Waals surface area contributed by atoms with E-state index in [0.29, 0.717) is 50.1 Å². The smallest absolute Gasteiger partial charge is 0.286 e. The normalized spacial score (nSPS) is 11.4. The van der Waals surface area contributed by atoms with Crippen LogP contribution in [0.2, 0.25) is 0 Å². The van der Waals surface area contributed by atoms with Gasteiger partial charge in [0.1, 0.15) is 47.6 Å². The minimum absolute atomic E-state index is 0. The van der Waals surface area contributed by atoms with Crippen molar-refractivity contribution in [1.82, 2.24) is 63.5 Å². The van der Waals surface area contributed by atoms with Crippen LogP contribution in [-0.2, 0) is 24.5 Å². The summed E-state index contributed by atoms with van der Waals surface area (Å²) >= 11 is 17.1. The van der Waals surface area contributed by atoms with Crippen molar-refractivity contribution in [3.63, 3.8) is 0 Å². The van der Waals surface area contributed by atoms with E-state index in [1.807, 2.05) is 62.6 Å². The number of alkyl halides is 1. The molecule has 23 nitrogen and oxygen atoms in total. The first-order valence-electron chi connectivity index (χ1n) is 33.2. The molecule has 6 aromatic carbocycles. The van der Waals surface area contributed by atoms with Gasteiger partial charge in [-0.15, -0.1) is 11.6 Å². The fourth-order valence-corrected chi connectivity index (χ4v) is 11.2. The zero-order valence-electron chi connectivity index (χ0n) is 60.2. The Morgan fingerprint density at radius 3 is 1.47 bits per heavy atom. The van der Waals surface area contributed by atoms with Crippen molar-refractivity contribution in [1.29, 1.82) is 1.34 Å². The fourth-order valence-electron chi connectivity index (χ4n) is 10.0. The molecule has 13 rings (SSSR count). The number of nitrogens with two attached hydrogens (primary N) is 1. The Morgan fingerprint density at radius 2 is 1.08 bits per heavy atom. The molecule has 0 bridgehead atoms. The van der Waals surface area contributed by atoms with E-state index in [1.54, 1.807) is 70.8 Å². The van der Waals surface area contributed by atoms with Crippen LogP contribution in [0.3, 0.4) is 0 Å². The first-order chi connectivity index (χ1) is 52.4. The van der Waals surface area contributed by atoms with Crippen molar-refractivity contribution in [3.05, 3.63) is 295 Å². The number of quaternary nitrogens is 1. The molecule has 0 fully saturated rings. The molecule has 1 aliphatic heterocycles. The maximum atomic E-state index is 13.6. The second-order valence-corrected chi connectivity index (χ2v) is 26.2. The molecule has 0 aliphatic carbocycles. The van der Waals surface area contributed by atoms with Crippen molar-refractivity contribution in [3.8, 4) is 45.2 Å². The number of thiocarbonyl (C=S) groups is 2. The molecule has 0 saturated carbocycles. The Kier molecular flexibility index (Phi) is 34.9. The molecular formula is C74H70BCl2F6N17O6S3U. The van der Waals surface area contributed by atoms with Gasteiger partial charge >= 0.3 is 0 Å². The number of rotatable bonds is 20. The molecule has 7 heterocycles. The van der Waals surface area contributed by atoms with E-state index in [2.05, 4.69) is 73.1 Å². The van der Waals surface area contributed by atoms with Crippen molar-refractivity contribution in [2.24, 2.45) is 16.0 Å². The maximum Gasteiger partial charge on any atom is 0.286 e. The third-order valence-corrected chi connectivity index (χ3v) is 16.9. The van der Waals surface area contributed by atoms with E-state index in [0.717, 1.165) is 89.3 Å². The summed E-state index contributed by atoms with van der Waals surface area (Å²) in [7, 11) is 12.1. The molecule has 4 N–H and O–H groups in total. The van der Waals surface area contributed by atoms with Gasteiger partial charge in [-0.3, -0.25) is 23.5 Å². The molecular weight excluding hydrogens is 1750 g/mol. The number of nitrogens with one attached hydrogen (secondary N) is 1. The molecule has 6 aromatic heterocycles. The molecule has 12 aromatic rings. The number of amidine groups is 1. The van der Waals surface area contributed by atoms with E-state index in [4.69, 9.17) is 57.7 Å². The van der Waals surface area contributed by atoms with E-state index < -0.39 is 34.9 Å². The Hall–Kier alpha value is -10.0. The van der Waals surface area contributed by atoms with Gasteiger partial charge in [-0.05, 0) is 142 Å². The third kappa shape index (κ3) is 27.2. The first-order valence-corrected chi connectivity index (χ1v) is 34.9. The number of imidazole rings is 2. The van der Waals surface area contributed by atoms with Crippen LogP contribution in [-0.4, -0.2) is 153 Å². The first kappa shape index (κ1) is 87.2. The number of aromatic nitrogens is 12. The summed E-state index contributed by atoms with van der Waals surface area (Å²) in [5.41, 5.74) is 11.2. The second kappa shape index (κ2) is 44.0. The Morgan fingerprint density at radius 1 is 0.645 bits per heavy atom. The molecule has 1 aliphatic rings. The summed E-state index contributed by atoms with van der Waals surface area (Å²) in [6, 6.07) is 39.1. The minimum atomic E-state index is -0.731. The Balaban J connectivity index is 0.000000229. The zero-order chi connectivity index (χ0) is 78.5. The number of oxime groups is 2. The predicted molar refractivity (Wildman–Crippen MR) is 411 cm³/mol. The monoisotopic (exact) mass is 1820 g/mol. The zero-order valence-corrected chi connectivity index (χ0v) is 67.3. The van der Waals surface area contributed by atoms with Crippen LogP contribution in [0.5, 0.6) is 0 Å². The predicted octanol–water partition coefficient (Wildman–Crippen LogP) is 7.23. The average molecular weight is 1820 g/mol. The van der Waals surface area contributed by atoms with Gasteiger partial charge in [0.05, 0.1) is 69.5 Å². The number of nitrogens with zero attached hydrogens (tertiary/aromatic N) is 15. The fraction of sp³-hybridized carbons (Fsp3) is 0.189. The van der Waals surface area contributed by atoms with Crippen LogP contribution in [0.1, 0.15) is 47.1 Å². The summed E-state index contributed by atoms with van der Waals surface area (Å²) in [4.78, 5) is 57.5. The van der Waals surface area contributed by atoms with Crippen molar-refractivity contribution in [2.45, 2.75) is 44.1 Å². The van der Waals surface area contributed by atoms with Gasteiger partial charge in [0.15, 0.2) is 10.9 Å². The number of halogens is 8. The molecule has 0 saturated heterocycles. The van der Waals surface area contributed by atoms with Crippen LogP contribution in [0.25, 0.3) is 45.2 Å². The van der Waals surface area contributed by atoms with Crippen molar-refractivity contribution < 1.29 is 89.3 Å². The largest absolute Gasteiger partial charge is 1.00 e.